The van der Waals surface area contributed by atoms with Crippen LogP contribution in [-0.4, -0.2) is 35.3 Å². The monoisotopic (exact) mass is 338 g/mol. The first-order valence-corrected chi connectivity index (χ1v) is 9.63. The quantitative estimate of drug-likeness (QED) is 0.901. The first kappa shape index (κ1) is 15.4. The van der Waals surface area contributed by atoms with Crippen LogP contribution in [0.25, 0.3) is 0 Å². The summed E-state index contributed by atoms with van der Waals surface area (Å²) < 4.78 is 0. The maximum absolute atomic E-state index is 12.8. The number of rotatable bonds is 2. The second-order valence-corrected chi connectivity index (χ2v) is 8.87. The molecule has 3 atom stereocenters. The number of nitrogens with zero attached hydrogens (tertiary/aromatic N) is 1. The molecule has 5 rings (SSSR count). The molecule has 25 heavy (non-hydrogen) atoms. The molecule has 1 aromatic carbocycles. The molecule has 2 amide bonds. The van der Waals surface area contributed by atoms with Gasteiger partial charge in [-0.25, -0.2) is 0 Å². The molecule has 4 heteroatoms. The van der Waals surface area contributed by atoms with Gasteiger partial charge in [-0.2, -0.15) is 0 Å². The van der Waals surface area contributed by atoms with Crippen molar-refractivity contribution >= 4 is 11.8 Å². The van der Waals surface area contributed by atoms with E-state index in [-0.39, 0.29) is 17.4 Å². The van der Waals surface area contributed by atoms with Gasteiger partial charge in [0.05, 0.1) is 0 Å². The highest BCUT2D eigenvalue weighted by Crippen LogP contribution is 2.59. The summed E-state index contributed by atoms with van der Waals surface area (Å²) in [5.41, 5.74) is 4.14. The molecule has 2 aliphatic carbocycles. The number of aryl methyl sites for hydroxylation is 2. The summed E-state index contributed by atoms with van der Waals surface area (Å²) in [5.74, 6) is 2.60. The van der Waals surface area contributed by atoms with Crippen LogP contribution >= 0.6 is 0 Å². The fraction of sp³-hybridized carbons (Fsp3) is 0.619. The van der Waals surface area contributed by atoms with Crippen molar-refractivity contribution in [3.8, 4) is 0 Å². The summed E-state index contributed by atoms with van der Waals surface area (Å²) in [4.78, 5) is 26.3. The van der Waals surface area contributed by atoms with Crippen LogP contribution in [0.15, 0.2) is 18.2 Å². The zero-order chi connectivity index (χ0) is 17.3. The first-order chi connectivity index (χ1) is 12.0. The van der Waals surface area contributed by atoms with Crippen molar-refractivity contribution in [2.45, 2.75) is 51.0 Å². The van der Waals surface area contributed by atoms with Gasteiger partial charge in [0, 0.05) is 31.0 Å². The highest BCUT2D eigenvalue weighted by atomic mass is 16.2. The van der Waals surface area contributed by atoms with Crippen LogP contribution in [0.5, 0.6) is 0 Å². The lowest BCUT2D eigenvalue weighted by Crippen LogP contribution is -2.56. The molecule has 4 aliphatic rings. The molecule has 2 aliphatic heterocycles. The van der Waals surface area contributed by atoms with Gasteiger partial charge in [-0.1, -0.05) is 18.2 Å². The van der Waals surface area contributed by atoms with Crippen LogP contribution < -0.4 is 5.32 Å². The molecular formula is C21H26N2O2. The summed E-state index contributed by atoms with van der Waals surface area (Å²) in [7, 11) is 0. The molecule has 132 valence electrons. The standard InChI is InChI=1S/C21H26N2O2/c1-12-3-4-14(7-13(12)2)19-16-10-23(11-17(16)19)20(25)15-8-21(9-15)6-5-18(24)22-21/h3-4,7,15-17,19H,5-6,8-11H2,1-2H3,(H,22,24)/t15-,16-,17+,19+,21+. The Balaban J connectivity index is 1.18. The Labute approximate surface area is 149 Å². The number of hydrogen-bond acceptors (Lipinski definition) is 2. The minimum atomic E-state index is -0.0397. The molecule has 4 fully saturated rings. The molecule has 0 radical (unpaired) electrons. The van der Waals surface area contributed by atoms with Gasteiger partial charge in [-0.15, -0.1) is 0 Å². The van der Waals surface area contributed by atoms with Crippen LogP contribution in [0.3, 0.4) is 0 Å². The van der Waals surface area contributed by atoms with E-state index in [1.165, 1.54) is 16.7 Å². The fourth-order valence-electron chi connectivity index (χ4n) is 5.57. The number of carbonyl (C=O) groups excluding carboxylic acids is 2. The van der Waals surface area contributed by atoms with Crippen LogP contribution in [0.2, 0.25) is 0 Å². The average molecular weight is 338 g/mol. The van der Waals surface area contributed by atoms with E-state index in [4.69, 9.17) is 0 Å². The minimum Gasteiger partial charge on any atom is -0.351 e. The second kappa shape index (κ2) is 5.09. The van der Waals surface area contributed by atoms with Gasteiger partial charge in [0.15, 0.2) is 0 Å². The van der Waals surface area contributed by atoms with E-state index in [1.807, 2.05) is 0 Å². The lowest BCUT2D eigenvalue weighted by Gasteiger charge is -2.45. The van der Waals surface area contributed by atoms with Crippen LogP contribution in [-0.2, 0) is 9.59 Å². The van der Waals surface area contributed by atoms with Gasteiger partial charge in [0.2, 0.25) is 11.8 Å². The van der Waals surface area contributed by atoms with E-state index >= 15 is 0 Å². The van der Waals surface area contributed by atoms with E-state index in [1.54, 1.807) is 0 Å². The normalized spacial score (nSPS) is 38.5. The number of hydrogen-bond donors (Lipinski definition) is 1. The van der Waals surface area contributed by atoms with E-state index in [2.05, 4.69) is 42.3 Å². The SMILES string of the molecule is Cc1ccc([C@H]2[C@@H]3CN(C(=O)[C@H]4C[C@]5(CCC(=O)N5)C4)C[C@@H]32)cc1C. The average Bonchev–Trinajstić information content (AvgIpc) is 2.91. The fourth-order valence-corrected chi connectivity index (χ4v) is 5.57. The highest BCUT2D eigenvalue weighted by molar-refractivity contribution is 5.84. The van der Waals surface area contributed by atoms with E-state index in [9.17, 15) is 9.59 Å². The first-order valence-electron chi connectivity index (χ1n) is 9.63. The number of piperidine rings is 1. The number of benzene rings is 1. The van der Waals surface area contributed by atoms with E-state index < -0.39 is 0 Å². The van der Waals surface area contributed by atoms with Crippen molar-refractivity contribution in [3.05, 3.63) is 34.9 Å². The summed E-state index contributed by atoms with van der Waals surface area (Å²) in [6, 6.07) is 6.84. The largest absolute Gasteiger partial charge is 0.351 e. The third-order valence-electron chi connectivity index (χ3n) is 7.28. The second-order valence-electron chi connectivity index (χ2n) is 8.87. The van der Waals surface area contributed by atoms with Gasteiger partial charge >= 0.3 is 0 Å². The minimum absolute atomic E-state index is 0.0397. The van der Waals surface area contributed by atoms with Crippen molar-refractivity contribution in [2.75, 3.05) is 13.1 Å². The zero-order valence-corrected chi connectivity index (χ0v) is 15.0. The maximum atomic E-state index is 12.8. The highest BCUT2D eigenvalue weighted by Gasteiger charge is 2.59. The number of carbonyl (C=O) groups is 2. The lowest BCUT2D eigenvalue weighted by atomic mass is 9.67. The van der Waals surface area contributed by atoms with E-state index in [0.29, 0.717) is 30.1 Å². The topological polar surface area (TPSA) is 49.4 Å². The zero-order valence-electron chi connectivity index (χ0n) is 15.0. The Hall–Kier alpha value is -1.84. The Bertz CT molecular complexity index is 753. The van der Waals surface area contributed by atoms with Gasteiger partial charge in [-0.3, -0.25) is 9.59 Å². The molecule has 4 nitrogen and oxygen atoms in total. The van der Waals surface area contributed by atoms with Crippen molar-refractivity contribution < 1.29 is 9.59 Å². The number of nitrogens with one attached hydrogen (secondary N) is 1. The Morgan fingerprint density at radius 2 is 1.88 bits per heavy atom. The predicted molar refractivity (Wildman–Crippen MR) is 95.0 cm³/mol. The molecule has 2 heterocycles. The van der Waals surface area contributed by atoms with Gasteiger partial charge in [0.1, 0.15) is 0 Å². The molecular weight excluding hydrogens is 312 g/mol. The maximum Gasteiger partial charge on any atom is 0.225 e. The summed E-state index contributed by atoms with van der Waals surface area (Å²) >= 11 is 0. The molecule has 0 unspecified atom stereocenters. The van der Waals surface area contributed by atoms with Crippen LogP contribution in [0, 0.1) is 31.6 Å². The smallest absolute Gasteiger partial charge is 0.225 e. The summed E-state index contributed by atoms with van der Waals surface area (Å²) in [6.45, 7) is 6.19. The molecule has 1 aromatic rings. The summed E-state index contributed by atoms with van der Waals surface area (Å²) in [5, 5.41) is 3.09. The predicted octanol–water partition coefficient (Wildman–Crippen LogP) is 2.53. The number of amides is 2. The molecule has 1 N–H and O–H groups in total. The Morgan fingerprint density at radius 1 is 1.16 bits per heavy atom. The molecule has 2 saturated carbocycles. The van der Waals surface area contributed by atoms with Gasteiger partial charge in [0.25, 0.3) is 0 Å². The number of fused-ring (bicyclic) bond motifs is 1. The molecule has 0 aromatic heterocycles. The third kappa shape index (κ3) is 2.33. The molecule has 1 spiro atoms. The van der Waals surface area contributed by atoms with Crippen LogP contribution in [0.4, 0.5) is 0 Å². The van der Waals surface area contributed by atoms with E-state index in [0.717, 1.165) is 32.4 Å². The lowest BCUT2D eigenvalue weighted by molar-refractivity contribution is -0.141. The summed E-state index contributed by atoms with van der Waals surface area (Å²) in [6.07, 6.45) is 3.25. The van der Waals surface area contributed by atoms with Crippen molar-refractivity contribution in [1.29, 1.82) is 0 Å². The molecule has 2 saturated heterocycles. The van der Waals surface area contributed by atoms with Crippen LogP contribution in [0.1, 0.15) is 48.3 Å². The Morgan fingerprint density at radius 3 is 2.48 bits per heavy atom. The third-order valence-corrected chi connectivity index (χ3v) is 7.28. The number of likely N-dealkylation sites (tertiary alicyclic amines) is 1. The van der Waals surface area contributed by atoms with Crippen molar-refractivity contribution in [1.82, 2.24) is 10.2 Å². The Kier molecular flexibility index (Phi) is 3.14. The van der Waals surface area contributed by atoms with Gasteiger partial charge < -0.3 is 10.2 Å². The van der Waals surface area contributed by atoms with Crippen molar-refractivity contribution in [3.63, 3.8) is 0 Å². The van der Waals surface area contributed by atoms with Gasteiger partial charge in [-0.05, 0) is 67.6 Å². The molecule has 0 bridgehead atoms. The van der Waals surface area contributed by atoms with Crippen molar-refractivity contribution in [2.24, 2.45) is 17.8 Å².